The minimum Gasteiger partial charge on any atom is -0.497 e. The van der Waals surface area contributed by atoms with Crippen LogP contribution in [-0.2, 0) is 4.74 Å². The van der Waals surface area contributed by atoms with E-state index in [0.29, 0.717) is 6.54 Å². The summed E-state index contributed by atoms with van der Waals surface area (Å²) in [6.07, 6.45) is 0.146. The number of methoxy groups -OCH3 is 2. The van der Waals surface area contributed by atoms with E-state index in [2.05, 4.69) is 11.1 Å². The van der Waals surface area contributed by atoms with Crippen molar-refractivity contribution in [1.29, 1.82) is 5.26 Å². The maximum atomic E-state index is 8.81. The topological polar surface area (TPSA) is 57.8 Å². The van der Waals surface area contributed by atoms with E-state index in [0.717, 1.165) is 17.3 Å². The first-order valence-corrected chi connectivity index (χ1v) is 5.66. The first kappa shape index (κ1) is 12.4. The number of hydrogen-bond donors (Lipinski definition) is 0. The van der Waals surface area contributed by atoms with Crippen molar-refractivity contribution in [3.63, 3.8) is 0 Å². The van der Waals surface area contributed by atoms with Crippen molar-refractivity contribution in [3.8, 4) is 11.8 Å². The molecule has 0 radical (unpaired) electrons. The fraction of sp³-hybridized carbons (Fsp3) is 0.385. The number of rotatable bonds is 4. The molecule has 0 saturated heterocycles. The van der Waals surface area contributed by atoms with Gasteiger partial charge < -0.3 is 14.4 Å². The van der Waals surface area contributed by atoms with Crippen LogP contribution in [0.3, 0.4) is 0 Å². The molecule has 18 heavy (non-hydrogen) atoms. The lowest BCUT2D eigenvalue weighted by atomic mass is 10.2. The summed E-state index contributed by atoms with van der Waals surface area (Å²) < 4.78 is 10.5. The summed E-state index contributed by atoms with van der Waals surface area (Å²) in [6.45, 7) is 0.555. The molecular weight excluding hydrogens is 230 g/mol. The van der Waals surface area contributed by atoms with Crippen molar-refractivity contribution in [3.05, 3.63) is 24.3 Å². The van der Waals surface area contributed by atoms with Crippen LogP contribution in [0.25, 0.3) is 0 Å². The van der Waals surface area contributed by atoms with Crippen molar-refractivity contribution in [2.24, 2.45) is 4.99 Å². The third kappa shape index (κ3) is 2.29. The van der Waals surface area contributed by atoms with Gasteiger partial charge in [-0.15, -0.1) is 0 Å². The zero-order valence-electron chi connectivity index (χ0n) is 10.5. The van der Waals surface area contributed by atoms with Crippen molar-refractivity contribution >= 4 is 11.5 Å². The fourth-order valence-electron chi connectivity index (χ4n) is 1.96. The van der Waals surface area contributed by atoms with Gasteiger partial charge in [0.2, 0.25) is 0 Å². The molecule has 1 unspecified atom stereocenters. The number of hydrogen-bond acceptors (Lipinski definition) is 5. The van der Waals surface area contributed by atoms with E-state index in [1.807, 2.05) is 29.2 Å². The Morgan fingerprint density at radius 1 is 1.39 bits per heavy atom. The Bertz CT molecular complexity index is 476. The van der Waals surface area contributed by atoms with Crippen LogP contribution in [0, 0.1) is 11.3 Å². The van der Waals surface area contributed by atoms with E-state index in [1.165, 1.54) is 0 Å². The number of nitriles is 1. The van der Waals surface area contributed by atoms with Crippen LogP contribution in [0.4, 0.5) is 5.69 Å². The Morgan fingerprint density at radius 3 is 2.67 bits per heavy atom. The highest BCUT2D eigenvalue weighted by atomic mass is 16.5. The highest BCUT2D eigenvalue weighted by Gasteiger charge is 2.28. The minimum absolute atomic E-state index is 0.137. The first-order valence-electron chi connectivity index (χ1n) is 5.66. The lowest BCUT2D eigenvalue weighted by Gasteiger charge is -2.26. The van der Waals surface area contributed by atoms with Gasteiger partial charge in [0.15, 0.2) is 6.23 Å². The van der Waals surface area contributed by atoms with Gasteiger partial charge in [0, 0.05) is 12.8 Å². The van der Waals surface area contributed by atoms with Gasteiger partial charge in [-0.25, -0.2) is 0 Å². The summed E-state index contributed by atoms with van der Waals surface area (Å²) in [5.41, 5.74) is 0.953. The average Bonchev–Trinajstić information content (AvgIpc) is 2.82. The Morgan fingerprint density at radius 2 is 2.11 bits per heavy atom. The molecule has 0 saturated carbocycles. The third-order valence-corrected chi connectivity index (χ3v) is 2.86. The van der Waals surface area contributed by atoms with E-state index in [4.69, 9.17) is 14.7 Å². The fourth-order valence-corrected chi connectivity index (χ4v) is 1.96. The van der Waals surface area contributed by atoms with Gasteiger partial charge in [-0.2, -0.15) is 5.26 Å². The highest BCUT2D eigenvalue weighted by Crippen LogP contribution is 2.25. The van der Waals surface area contributed by atoms with Gasteiger partial charge in [0.05, 0.1) is 26.1 Å². The van der Waals surface area contributed by atoms with Crippen molar-refractivity contribution in [2.75, 3.05) is 25.7 Å². The van der Waals surface area contributed by atoms with Crippen LogP contribution in [0.15, 0.2) is 29.3 Å². The molecule has 0 aromatic heterocycles. The molecule has 1 aliphatic heterocycles. The van der Waals surface area contributed by atoms with Crippen molar-refractivity contribution in [2.45, 2.75) is 12.6 Å². The van der Waals surface area contributed by atoms with Gasteiger partial charge in [0.1, 0.15) is 11.6 Å². The molecule has 5 heteroatoms. The Hall–Kier alpha value is -2.06. The smallest absolute Gasteiger partial charge is 0.154 e. The summed E-state index contributed by atoms with van der Waals surface area (Å²) in [6, 6.07) is 9.75. The van der Waals surface area contributed by atoms with E-state index in [-0.39, 0.29) is 12.6 Å². The van der Waals surface area contributed by atoms with Gasteiger partial charge in [-0.1, -0.05) is 0 Å². The van der Waals surface area contributed by atoms with Gasteiger partial charge >= 0.3 is 0 Å². The number of ether oxygens (including phenoxy) is 2. The molecule has 1 aromatic rings. The largest absolute Gasteiger partial charge is 0.497 e. The Balaban J connectivity index is 2.26. The number of anilines is 1. The summed E-state index contributed by atoms with van der Waals surface area (Å²) >= 11 is 0. The molecule has 1 heterocycles. The zero-order chi connectivity index (χ0) is 13.0. The summed E-state index contributed by atoms with van der Waals surface area (Å²) in [5, 5.41) is 8.81. The minimum atomic E-state index is -0.137. The maximum absolute atomic E-state index is 8.81. The second-order valence-electron chi connectivity index (χ2n) is 3.85. The van der Waals surface area contributed by atoms with Crippen LogP contribution >= 0.6 is 0 Å². The van der Waals surface area contributed by atoms with E-state index in [9.17, 15) is 0 Å². The molecule has 0 bridgehead atoms. The van der Waals surface area contributed by atoms with E-state index >= 15 is 0 Å². The molecule has 0 aliphatic carbocycles. The number of amidine groups is 1. The molecule has 1 atom stereocenters. The molecule has 1 aromatic carbocycles. The molecule has 1 aliphatic rings. The SMILES string of the molecule is COc1ccc(N2C(CC#N)=NCC2OC)cc1. The van der Waals surface area contributed by atoms with Crippen LogP contribution in [0.2, 0.25) is 0 Å². The highest BCUT2D eigenvalue weighted by molar-refractivity contribution is 6.00. The predicted molar refractivity (Wildman–Crippen MR) is 68.8 cm³/mol. The molecule has 94 valence electrons. The second-order valence-corrected chi connectivity index (χ2v) is 3.85. The third-order valence-electron chi connectivity index (χ3n) is 2.86. The predicted octanol–water partition coefficient (Wildman–Crippen LogP) is 1.80. The Kier molecular flexibility index (Phi) is 3.80. The molecule has 5 nitrogen and oxygen atoms in total. The summed E-state index contributed by atoms with van der Waals surface area (Å²) in [4.78, 5) is 6.29. The van der Waals surface area contributed by atoms with Crippen LogP contribution in [0.5, 0.6) is 5.75 Å². The molecule has 0 amide bonds. The number of aliphatic imine (C=N–C) groups is 1. The monoisotopic (exact) mass is 245 g/mol. The molecule has 0 N–H and O–H groups in total. The summed E-state index contributed by atoms with van der Waals surface area (Å²) in [5.74, 6) is 1.54. The summed E-state index contributed by atoms with van der Waals surface area (Å²) in [7, 11) is 3.28. The zero-order valence-corrected chi connectivity index (χ0v) is 10.5. The lowest BCUT2D eigenvalue weighted by Crippen LogP contribution is -2.37. The number of nitrogens with zero attached hydrogens (tertiary/aromatic N) is 3. The van der Waals surface area contributed by atoms with Crippen LogP contribution in [0.1, 0.15) is 6.42 Å². The average molecular weight is 245 g/mol. The van der Waals surface area contributed by atoms with Crippen LogP contribution in [-0.4, -0.2) is 32.8 Å². The Labute approximate surface area is 106 Å². The number of benzene rings is 1. The maximum Gasteiger partial charge on any atom is 0.154 e. The second kappa shape index (κ2) is 5.52. The van der Waals surface area contributed by atoms with Gasteiger partial charge in [-0.05, 0) is 24.3 Å². The molecule has 2 rings (SSSR count). The molecular formula is C13H15N3O2. The van der Waals surface area contributed by atoms with Crippen molar-refractivity contribution in [1.82, 2.24) is 0 Å². The lowest BCUT2D eigenvalue weighted by molar-refractivity contribution is 0.123. The molecule has 0 spiro atoms. The van der Waals surface area contributed by atoms with Gasteiger partial charge in [-0.3, -0.25) is 4.99 Å². The van der Waals surface area contributed by atoms with Crippen molar-refractivity contribution < 1.29 is 9.47 Å². The normalized spacial score (nSPS) is 18.4. The quantitative estimate of drug-likeness (QED) is 0.811. The van der Waals surface area contributed by atoms with Crippen LogP contribution < -0.4 is 9.64 Å². The molecule has 0 fully saturated rings. The van der Waals surface area contributed by atoms with E-state index in [1.54, 1.807) is 14.2 Å². The van der Waals surface area contributed by atoms with Gasteiger partial charge in [0.25, 0.3) is 0 Å². The first-order chi connectivity index (χ1) is 8.80. The van der Waals surface area contributed by atoms with E-state index < -0.39 is 0 Å². The standard InChI is InChI=1S/C13H15N3O2/c1-17-11-5-3-10(4-6-11)16-12(7-8-14)15-9-13(16)18-2/h3-6,13H,7,9H2,1-2H3.